The number of nitrogens with one attached hydrogen (secondary N) is 1. The molecule has 21 heavy (non-hydrogen) atoms. The van der Waals surface area contributed by atoms with Crippen LogP contribution in [-0.4, -0.2) is 46.8 Å². The van der Waals surface area contributed by atoms with Crippen molar-refractivity contribution in [1.82, 2.24) is 15.4 Å². The van der Waals surface area contributed by atoms with Crippen LogP contribution in [0.5, 0.6) is 0 Å². The summed E-state index contributed by atoms with van der Waals surface area (Å²) in [5.41, 5.74) is 0.489. The van der Waals surface area contributed by atoms with E-state index in [0.717, 1.165) is 0 Å². The summed E-state index contributed by atoms with van der Waals surface area (Å²) < 4.78 is 10.7. The lowest BCUT2D eigenvalue weighted by Crippen LogP contribution is -2.53. The maximum absolute atomic E-state index is 12.4. The van der Waals surface area contributed by atoms with Gasteiger partial charge in [0.1, 0.15) is 23.7 Å². The largest absolute Gasteiger partial charge is 0.364 e. The normalized spacial score (nSPS) is 24.4. The number of carbonyl (C=O) groups excluding carboxylic acids is 2. The van der Waals surface area contributed by atoms with Crippen LogP contribution in [0.25, 0.3) is 0 Å². The molecule has 2 saturated heterocycles. The molecule has 0 aliphatic carbocycles. The molecule has 2 amide bonds. The van der Waals surface area contributed by atoms with Gasteiger partial charge in [-0.3, -0.25) is 9.59 Å². The maximum atomic E-state index is 12.4. The van der Waals surface area contributed by atoms with E-state index in [1.807, 2.05) is 6.92 Å². The van der Waals surface area contributed by atoms with Gasteiger partial charge in [-0.25, -0.2) is 0 Å². The van der Waals surface area contributed by atoms with Crippen molar-refractivity contribution >= 4 is 11.8 Å². The minimum atomic E-state index is -0.599. The topological polar surface area (TPSA) is 84.7 Å². The van der Waals surface area contributed by atoms with Crippen LogP contribution in [0.4, 0.5) is 0 Å². The van der Waals surface area contributed by atoms with Crippen molar-refractivity contribution < 1.29 is 18.8 Å². The minimum absolute atomic E-state index is 0.0489. The molecule has 0 bridgehead atoms. The summed E-state index contributed by atoms with van der Waals surface area (Å²) in [5, 5.41) is 6.68. The number of carbonyl (C=O) groups is 2. The van der Waals surface area contributed by atoms with E-state index in [1.165, 1.54) is 6.26 Å². The Kier molecular flexibility index (Phi) is 3.44. The van der Waals surface area contributed by atoms with Gasteiger partial charge in [-0.05, 0) is 13.3 Å². The van der Waals surface area contributed by atoms with Crippen molar-refractivity contribution in [3.05, 3.63) is 17.5 Å². The molecule has 7 heteroatoms. The number of hydrogen-bond acceptors (Lipinski definition) is 5. The second-order valence-corrected chi connectivity index (χ2v) is 5.60. The summed E-state index contributed by atoms with van der Waals surface area (Å²) >= 11 is 0. The lowest BCUT2D eigenvalue weighted by atomic mass is 10.00. The molecule has 1 atom stereocenters. The zero-order chi connectivity index (χ0) is 15.0. The van der Waals surface area contributed by atoms with E-state index >= 15 is 0 Å². The number of nitrogens with zero attached hydrogens (tertiary/aromatic N) is 2. The van der Waals surface area contributed by atoms with Crippen molar-refractivity contribution in [2.45, 2.75) is 44.9 Å². The second-order valence-electron chi connectivity index (χ2n) is 5.60. The average Bonchev–Trinajstić information content (AvgIpc) is 3.03. The van der Waals surface area contributed by atoms with Crippen LogP contribution in [0.1, 0.15) is 42.2 Å². The van der Waals surface area contributed by atoms with Crippen molar-refractivity contribution in [3.8, 4) is 0 Å². The average molecular weight is 293 g/mol. The summed E-state index contributed by atoms with van der Waals surface area (Å²) in [6, 6.07) is 0. The number of likely N-dealkylation sites (tertiary alicyclic amines) is 1. The van der Waals surface area contributed by atoms with Crippen molar-refractivity contribution in [2.24, 2.45) is 0 Å². The second kappa shape index (κ2) is 5.14. The Morgan fingerprint density at radius 2 is 2.24 bits per heavy atom. The molecule has 0 aromatic carbocycles. The summed E-state index contributed by atoms with van der Waals surface area (Å²) in [6.45, 7) is 4.76. The van der Waals surface area contributed by atoms with Crippen LogP contribution in [0.15, 0.2) is 10.8 Å². The molecule has 2 fully saturated rings. The number of amides is 2. The molecule has 1 spiro atoms. The van der Waals surface area contributed by atoms with Crippen LogP contribution >= 0.6 is 0 Å². The van der Waals surface area contributed by atoms with Crippen LogP contribution < -0.4 is 5.32 Å². The Morgan fingerprint density at radius 3 is 2.76 bits per heavy atom. The van der Waals surface area contributed by atoms with E-state index < -0.39 is 5.72 Å². The molecule has 1 N–H and O–H groups in total. The van der Waals surface area contributed by atoms with Gasteiger partial charge in [0.2, 0.25) is 0 Å². The van der Waals surface area contributed by atoms with Gasteiger partial charge in [-0.1, -0.05) is 12.1 Å². The van der Waals surface area contributed by atoms with Gasteiger partial charge in [0.25, 0.3) is 11.8 Å². The van der Waals surface area contributed by atoms with Gasteiger partial charge in [-0.15, -0.1) is 0 Å². The number of ether oxygens (including phenoxy) is 1. The Hall–Kier alpha value is -1.89. The lowest BCUT2D eigenvalue weighted by molar-refractivity contribution is -0.124. The van der Waals surface area contributed by atoms with Crippen molar-refractivity contribution in [3.63, 3.8) is 0 Å². The standard InChI is InChI=1S/C14H19N3O4/c1-3-11-12(18)15-14(21-11)4-6-17(7-5-14)13(19)10-8-20-16-9(10)2/h8,11H,3-7H2,1-2H3,(H,15,18). The Labute approximate surface area is 122 Å². The molecule has 114 valence electrons. The van der Waals surface area contributed by atoms with Gasteiger partial charge in [0, 0.05) is 25.9 Å². The molecule has 2 aliphatic heterocycles. The summed E-state index contributed by atoms with van der Waals surface area (Å²) in [7, 11) is 0. The third kappa shape index (κ3) is 2.42. The predicted molar refractivity (Wildman–Crippen MR) is 72.4 cm³/mol. The molecule has 1 aromatic heterocycles. The van der Waals surface area contributed by atoms with E-state index in [4.69, 9.17) is 9.26 Å². The third-order valence-corrected chi connectivity index (χ3v) is 4.22. The van der Waals surface area contributed by atoms with E-state index in [1.54, 1.807) is 11.8 Å². The van der Waals surface area contributed by atoms with Gasteiger partial charge in [-0.2, -0.15) is 0 Å². The number of hydrogen-bond donors (Lipinski definition) is 1. The summed E-state index contributed by atoms with van der Waals surface area (Å²) in [6.07, 6.45) is 2.88. The summed E-state index contributed by atoms with van der Waals surface area (Å²) in [4.78, 5) is 25.9. The minimum Gasteiger partial charge on any atom is -0.364 e. The monoisotopic (exact) mass is 293 g/mol. The highest BCUT2D eigenvalue weighted by molar-refractivity contribution is 5.95. The predicted octanol–water partition coefficient (Wildman–Crippen LogP) is 0.840. The maximum Gasteiger partial charge on any atom is 0.259 e. The molecular weight excluding hydrogens is 274 g/mol. The van der Waals surface area contributed by atoms with E-state index in [0.29, 0.717) is 43.6 Å². The molecule has 1 unspecified atom stereocenters. The van der Waals surface area contributed by atoms with Crippen LogP contribution in [0.3, 0.4) is 0 Å². The Balaban J connectivity index is 1.65. The highest BCUT2D eigenvalue weighted by Crippen LogP contribution is 2.31. The zero-order valence-electron chi connectivity index (χ0n) is 12.2. The SMILES string of the molecule is CCC1OC2(CCN(C(=O)c3conc3C)CC2)NC1=O. The van der Waals surface area contributed by atoms with Gasteiger partial charge >= 0.3 is 0 Å². The van der Waals surface area contributed by atoms with Crippen LogP contribution in [-0.2, 0) is 9.53 Å². The number of rotatable bonds is 2. The van der Waals surface area contributed by atoms with Gasteiger partial charge in [0.05, 0.1) is 5.69 Å². The van der Waals surface area contributed by atoms with Gasteiger partial charge < -0.3 is 19.5 Å². The van der Waals surface area contributed by atoms with Crippen molar-refractivity contribution in [2.75, 3.05) is 13.1 Å². The third-order valence-electron chi connectivity index (χ3n) is 4.22. The first-order valence-electron chi connectivity index (χ1n) is 7.25. The van der Waals surface area contributed by atoms with Gasteiger partial charge in [0.15, 0.2) is 0 Å². The highest BCUT2D eigenvalue weighted by Gasteiger charge is 2.46. The summed E-state index contributed by atoms with van der Waals surface area (Å²) in [5.74, 6) is -0.132. The molecule has 3 rings (SSSR count). The molecule has 2 aliphatic rings. The fourth-order valence-electron chi connectivity index (χ4n) is 2.91. The first kappa shape index (κ1) is 14.1. The Morgan fingerprint density at radius 1 is 1.52 bits per heavy atom. The lowest BCUT2D eigenvalue weighted by Gasteiger charge is -2.38. The van der Waals surface area contributed by atoms with Crippen LogP contribution in [0, 0.1) is 6.92 Å². The molecule has 0 radical (unpaired) electrons. The quantitative estimate of drug-likeness (QED) is 0.873. The van der Waals surface area contributed by atoms with E-state index in [2.05, 4.69) is 10.5 Å². The van der Waals surface area contributed by atoms with Crippen molar-refractivity contribution in [1.29, 1.82) is 0 Å². The smallest absolute Gasteiger partial charge is 0.259 e. The Bertz CT molecular complexity index is 560. The zero-order valence-corrected chi connectivity index (χ0v) is 12.2. The van der Waals surface area contributed by atoms with E-state index in [9.17, 15) is 9.59 Å². The first-order valence-corrected chi connectivity index (χ1v) is 7.25. The fourth-order valence-corrected chi connectivity index (χ4v) is 2.91. The molecule has 0 saturated carbocycles. The van der Waals surface area contributed by atoms with Crippen LogP contribution in [0.2, 0.25) is 0 Å². The van der Waals surface area contributed by atoms with E-state index in [-0.39, 0.29) is 17.9 Å². The number of piperidine rings is 1. The fraction of sp³-hybridized carbons (Fsp3) is 0.643. The molecule has 7 nitrogen and oxygen atoms in total. The number of aryl methyl sites for hydroxylation is 1. The number of aromatic nitrogens is 1. The molecule has 1 aromatic rings. The molecule has 3 heterocycles. The molecular formula is C14H19N3O4. The first-order chi connectivity index (χ1) is 10.0. The highest BCUT2D eigenvalue weighted by atomic mass is 16.5.